The molecule has 1 fully saturated rings. The zero-order valence-corrected chi connectivity index (χ0v) is 17.6. The van der Waals surface area contributed by atoms with Gasteiger partial charge in [0.15, 0.2) is 11.5 Å². The molecule has 1 aromatic carbocycles. The molecule has 0 spiro atoms. The lowest BCUT2D eigenvalue weighted by molar-refractivity contribution is 0.0751. The van der Waals surface area contributed by atoms with Gasteiger partial charge in [0.2, 0.25) is 5.95 Å². The molecule has 4 rings (SSSR count). The number of nitrogens with zero attached hydrogens (tertiary/aromatic N) is 3. The Morgan fingerprint density at radius 1 is 1.24 bits per heavy atom. The van der Waals surface area contributed by atoms with Crippen LogP contribution in [0.4, 0.5) is 17.5 Å². The molecule has 2 atom stereocenters. The number of anilines is 3. The van der Waals surface area contributed by atoms with Crippen LogP contribution in [-0.2, 0) is 4.74 Å². The smallest absolute Gasteiger partial charge is 0.273 e. The topological polar surface area (TPSA) is 141 Å². The summed E-state index contributed by atoms with van der Waals surface area (Å²) in [6.07, 6.45) is 0.736. The van der Waals surface area contributed by atoms with E-state index >= 15 is 0 Å². The maximum absolute atomic E-state index is 11.8. The Hall–Kier alpha value is -2.24. The van der Waals surface area contributed by atoms with Crippen LogP contribution in [0.2, 0.25) is 0 Å². The molecule has 1 amide bonds. The molecule has 1 aliphatic rings. The first-order chi connectivity index (χ1) is 13.1. The van der Waals surface area contributed by atoms with E-state index < -0.39 is 5.91 Å². The number of carbonyl (C=O) groups excluding carboxylic acids is 1. The van der Waals surface area contributed by atoms with Gasteiger partial charge in [-0.05, 0) is 12.5 Å². The van der Waals surface area contributed by atoms with Crippen LogP contribution in [0.3, 0.4) is 0 Å². The summed E-state index contributed by atoms with van der Waals surface area (Å²) in [5.41, 5.74) is 12.3. The fourth-order valence-electron chi connectivity index (χ4n) is 2.95. The Balaban J connectivity index is 0.00000150. The van der Waals surface area contributed by atoms with Gasteiger partial charge in [-0.15, -0.1) is 46.3 Å². The van der Waals surface area contributed by atoms with E-state index in [-0.39, 0.29) is 54.4 Å². The minimum atomic E-state index is -0.702. The minimum absolute atomic E-state index is 0. The summed E-state index contributed by atoms with van der Waals surface area (Å²) in [5.74, 6) is -0.167. The molecular formula is C17H21Cl2N7O2S. The van der Waals surface area contributed by atoms with Crippen LogP contribution in [-0.4, -0.2) is 46.4 Å². The molecule has 0 saturated carbocycles. The fourth-order valence-corrected chi connectivity index (χ4v) is 3.84. The molecule has 3 heterocycles. The number of hydrogen-bond acceptors (Lipinski definition) is 9. The van der Waals surface area contributed by atoms with Gasteiger partial charge >= 0.3 is 0 Å². The van der Waals surface area contributed by atoms with Gasteiger partial charge < -0.3 is 26.8 Å². The fraction of sp³-hybridized carbons (Fsp3) is 0.294. The normalized spacial score (nSPS) is 18.4. The second-order valence-corrected chi connectivity index (χ2v) is 7.16. The summed E-state index contributed by atoms with van der Waals surface area (Å²) in [6.45, 7) is 1.08. The standard InChI is InChI=1S/C17H19N7O2S.2ClH/c18-10-7-26-6-5-11(10)21-17-22-16(14(15(19)25)23-24-17)20-12-8-27-13-4-2-1-3-9(12)13;;/h1-4,8,10-11H,5-7,18H2,(H2,19,25)(H2,20,21,22,24);2*1H/t10-,11+;;/m0../s1. The van der Waals surface area contributed by atoms with Gasteiger partial charge in [0.05, 0.1) is 12.3 Å². The summed E-state index contributed by atoms with van der Waals surface area (Å²) in [5, 5.41) is 17.2. The summed E-state index contributed by atoms with van der Waals surface area (Å²) >= 11 is 1.59. The summed E-state index contributed by atoms with van der Waals surface area (Å²) in [4.78, 5) is 16.2. The number of halogens is 2. The molecule has 3 aromatic rings. The molecule has 0 aliphatic carbocycles. The number of ether oxygens (including phenoxy) is 1. The van der Waals surface area contributed by atoms with Crippen molar-refractivity contribution >= 4 is 69.6 Å². The zero-order valence-electron chi connectivity index (χ0n) is 15.2. The second-order valence-electron chi connectivity index (χ2n) is 6.25. The number of nitrogens with one attached hydrogen (secondary N) is 2. The average Bonchev–Trinajstić information content (AvgIpc) is 3.07. The van der Waals surface area contributed by atoms with E-state index in [1.807, 2.05) is 29.6 Å². The van der Waals surface area contributed by atoms with Crippen LogP contribution >= 0.6 is 36.2 Å². The molecule has 29 heavy (non-hydrogen) atoms. The van der Waals surface area contributed by atoms with Gasteiger partial charge in [0.1, 0.15) is 0 Å². The van der Waals surface area contributed by atoms with Crippen LogP contribution in [0, 0.1) is 0 Å². The zero-order chi connectivity index (χ0) is 18.8. The van der Waals surface area contributed by atoms with E-state index in [2.05, 4.69) is 25.8 Å². The number of nitrogens with two attached hydrogens (primary N) is 2. The number of amides is 1. The number of benzene rings is 1. The van der Waals surface area contributed by atoms with Crippen molar-refractivity contribution in [2.45, 2.75) is 18.5 Å². The van der Waals surface area contributed by atoms with Gasteiger partial charge in [0.25, 0.3) is 5.91 Å². The van der Waals surface area contributed by atoms with Crippen molar-refractivity contribution in [1.82, 2.24) is 15.2 Å². The highest BCUT2D eigenvalue weighted by atomic mass is 35.5. The van der Waals surface area contributed by atoms with Gasteiger partial charge in [-0.2, -0.15) is 4.98 Å². The molecule has 2 aromatic heterocycles. The van der Waals surface area contributed by atoms with Crippen LogP contribution in [0.15, 0.2) is 29.6 Å². The van der Waals surface area contributed by atoms with E-state index in [0.717, 1.165) is 22.2 Å². The third kappa shape index (κ3) is 5.03. The lowest BCUT2D eigenvalue weighted by Gasteiger charge is -2.29. The maximum Gasteiger partial charge on any atom is 0.273 e. The third-order valence-electron chi connectivity index (χ3n) is 4.37. The van der Waals surface area contributed by atoms with Crippen LogP contribution in [0.5, 0.6) is 0 Å². The molecule has 1 saturated heterocycles. The van der Waals surface area contributed by atoms with Crippen molar-refractivity contribution < 1.29 is 9.53 Å². The molecule has 9 nitrogen and oxygen atoms in total. The summed E-state index contributed by atoms with van der Waals surface area (Å²) in [7, 11) is 0. The van der Waals surface area contributed by atoms with Crippen molar-refractivity contribution in [1.29, 1.82) is 0 Å². The Morgan fingerprint density at radius 3 is 2.79 bits per heavy atom. The van der Waals surface area contributed by atoms with Crippen molar-refractivity contribution in [3.63, 3.8) is 0 Å². The number of hydrogen-bond donors (Lipinski definition) is 4. The maximum atomic E-state index is 11.8. The van der Waals surface area contributed by atoms with Crippen LogP contribution < -0.4 is 22.1 Å². The highest BCUT2D eigenvalue weighted by molar-refractivity contribution is 7.17. The van der Waals surface area contributed by atoms with Crippen molar-refractivity contribution in [3.05, 3.63) is 35.3 Å². The molecule has 0 radical (unpaired) electrons. The minimum Gasteiger partial charge on any atom is -0.380 e. The van der Waals surface area contributed by atoms with Gasteiger partial charge in [-0.1, -0.05) is 18.2 Å². The Kier molecular flexibility index (Phi) is 7.94. The summed E-state index contributed by atoms with van der Waals surface area (Å²) < 4.78 is 6.46. The first-order valence-corrected chi connectivity index (χ1v) is 9.37. The predicted octanol–water partition coefficient (Wildman–Crippen LogP) is 2.30. The predicted molar refractivity (Wildman–Crippen MR) is 119 cm³/mol. The van der Waals surface area contributed by atoms with Crippen molar-refractivity contribution in [3.8, 4) is 0 Å². The van der Waals surface area contributed by atoms with Crippen LogP contribution in [0.25, 0.3) is 10.1 Å². The lowest BCUT2D eigenvalue weighted by atomic mass is 10.1. The first kappa shape index (κ1) is 23.0. The Bertz CT molecular complexity index is 987. The second kappa shape index (κ2) is 9.99. The SMILES string of the molecule is Cl.Cl.NC(=O)c1nnc(N[C@@H]2CCOC[C@@H]2N)nc1Nc1csc2ccccc12. The number of aromatic nitrogens is 3. The average molecular weight is 458 g/mol. The quantitative estimate of drug-likeness (QED) is 0.457. The van der Waals surface area contributed by atoms with E-state index in [1.54, 1.807) is 11.3 Å². The molecule has 12 heteroatoms. The monoisotopic (exact) mass is 457 g/mol. The molecule has 156 valence electrons. The van der Waals surface area contributed by atoms with Crippen molar-refractivity contribution in [2.75, 3.05) is 23.8 Å². The number of rotatable bonds is 5. The lowest BCUT2D eigenvalue weighted by Crippen LogP contribution is -2.48. The summed E-state index contributed by atoms with van der Waals surface area (Å²) in [6, 6.07) is 7.74. The highest BCUT2D eigenvalue weighted by Gasteiger charge is 2.24. The van der Waals surface area contributed by atoms with E-state index in [0.29, 0.717) is 13.2 Å². The number of primary amides is 1. The van der Waals surface area contributed by atoms with E-state index in [9.17, 15) is 4.79 Å². The van der Waals surface area contributed by atoms with Gasteiger partial charge in [0, 0.05) is 34.2 Å². The molecule has 6 N–H and O–H groups in total. The molecular weight excluding hydrogens is 437 g/mol. The van der Waals surface area contributed by atoms with Gasteiger partial charge in [-0.3, -0.25) is 4.79 Å². The number of thiophene rings is 1. The third-order valence-corrected chi connectivity index (χ3v) is 5.33. The number of fused-ring (bicyclic) bond motifs is 1. The largest absolute Gasteiger partial charge is 0.380 e. The van der Waals surface area contributed by atoms with E-state index in [4.69, 9.17) is 16.2 Å². The van der Waals surface area contributed by atoms with Crippen LogP contribution in [0.1, 0.15) is 16.9 Å². The molecule has 0 unspecified atom stereocenters. The Labute approximate surface area is 183 Å². The first-order valence-electron chi connectivity index (χ1n) is 8.49. The number of carbonyl (C=O) groups is 1. The molecule has 0 bridgehead atoms. The van der Waals surface area contributed by atoms with E-state index in [1.165, 1.54) is 0 Å². The Morgan fingerprint density at radius 2 is 2.03 bits per heavy atom. The molecule has 1 aliphatic heterocycles. The highest BCUT2D eigenvalue weighted by Crippen LogP contribution is 2.32. The van der Waals surface area contributed by atoms with Crippen molar-refractivity contribution in [2.24, 2.45) is 11.5 Å². The van der Waals surface area contributed by atoms with Gasteiger partial charge in [-0.25, -0.2) is 0 Å².